The lowest BCUT2D eigenvalue weighted by Crippen LogP contribution is -2.44. The molecule has 1 saturated carbocycles. The molecule has 0 amide bonds. The zero-order valence-electron chi connectivity index (χ0n) is 15.2. The van der Waals surface area contributed by atoms with Crippen LogP contribution < -0.4 is 4.90 Å². The van der Waals surface area contributed by atoms with Gasteiger partial charge in [-0.3, -0.25) is 0 Å². The monoisotopic (exact) mass is 381 g/mol. The van der Waals surface area contributed by atoms with Crippen LogP contribution >= 0.6 is 0 Å². The van der Waals surface area contributed by atoms with Gasteiger partial charge in [0.2, 0.25) is 0 Å². The van der Waals surface area contributed by atoms with Gasteiger partial charge in [0.15, 0.2) is 17.0 Å². The SMILES string of the molecule is OCCOCCN(CCO)c1ncnc2c1ncn2C1CC(CO)(CO)C1. The Morgan fingerprint density at radius 1 is 1.04 bits per heavy atom. The third-order valence-electron chi connectivity index (χ3n) is 5.15. The summed E-state index contributed by atoms with van der Waals surface area (Å²) in [5, 5.41) is 37.2. The number of hydrogen-bond donors (Lipinski definition) is 4. The Bertz CT molecular complexity index is 728. The molecule has 0 unspecified atom stereocenters. The fourth-order valence-electron chi connectivity index (χ4n) is 3.57. The molecule has 4 N–H and O–H groups in total. The molecule has 10 nitrogen and oxygen atoms in total. The number of aromatic nitrogens is 4. The number of rotatable bonds is 11. The summed E-state index contributed by atoms with van der Waals surface area (Å²) in [6.45, 7) is 1.39. The van der Waals surface area contributed by atoms with Gasteiger partial charge < -0.3 is 34.6 Å². The standard InChI is InChI=1S/C17H27N5O5/c23-3-1-21(2-5-27-6-4-24)15-14-16(19-11-18-15)22(12-20-14)13-7-17(8-13,9-25)10-26/h11-13,23-26H,1-10H2. The molecule has 2 aromatic heterocycles. The van der Waals surface area contributed by atoms with Crippen LogP contribution in [0.2, 0.25) is 0 Å². The van der Waals surface area contributed by atoms with Crippen molar-refractivity contribution in [1.82, 2.24) is 19.5 Å². The van der Waals surface area contributed by atoms with Crippen LogP contribution in [-0.4, -0.2) is 92.7 Å². The highest BCUT2D eigenvalue weighted by Crippen LogP contribution is 2.48. The Morgan fingerprint density at radius 3 is 2.48 bits per heavy atom. The van der Waals surface area contributed by atoms with Gasteiger partial charge in [0.1, 0.15) is 6.33 Å². The predicted octanol–water partition coefficient (Wildman–Crippen LogP) is -1.06. The molecule has 1 aliphatic rings. The number of hydrogen-bond acceptors (Lipinski definition) is 9. The molecular weight excluding hydrogens is 354 g/mol. The van der Waals surface area contributed by atoms with E-state index in [9.17, 15) is 15.3 Å². The van der Waals surface area contributed by atoms with E-state index >= 15 is 0 Å². The van der Waals surface area contributed by atoms with E-state index in [4.69, 9.17) is 9.84 Å². The van der Waals surface area contributed by atoms with Crippen LogP contribution in [0.4, 0.5) is 5.82 Å². The molecule has 0 spiro atoms. The number of aliphatic hydroxyl groups is 4. The second-order valence-electron chi connectivity index (χ2n) is 6.95. The lowest BCUT2D eigenvalue weighted by molar-refractivity contribution is -0.0421. The lowest BCUT2D eigenvalue weighted by Gasteiger charge is -2.45. The van der Waals surface area contributed by atoms with Crippen molar-refractivity contribution in [2.24, 2.45) is 5.41 Å². The van der Waals surface area contributed by atoms with Crippen LogP contribution in [0.1, 0.15) is 18.9 Å². The molecule has 0 aromatic carbocycles. The molecule has 0 atom stereocenters. The Hall–Kier alpha value is -1.85. The number of fused-ring (bicyclic) bond motifs is 1. The van der Waals surface area contributed by atoms with E-state index in [2.05, 4.69) is 15.0 Å². The third kappa shape index (κ3) is 4.04. The minimum absolute atomic E-state index is 0.0350. The Morgan fingerprint density at radius 2 is 1.81 bits per heavy atom. The first kappa shape index (κ1) is 19.9. The van der Waals surface area contributed by atoms with Crippen LogP contribution in [0, 0.1) is 5.41 Å². The third-order valence-corrected chi connectivity index (χ3v) is 5.15. The van der Waals surface area contributed by atoms with Gasteiger partial charge in [0, 0.05) is 24.5 Å². The minimum Gasteiger partial charge on any atom is -0.396 e. The smallest absolute Gasteiger partial charge is 0.165 e. The maximum atomic E-state index is 9.49. The number of nitrogens with zero attached hydrogens (tertiary/aromatic N) is 5. The van der Waals surface area contributed by atoms with E-state index in [-0.39, 0.29) is 39.1 Å². The molecule has 1 fully saturated rings. The highest BCUT2D eigenvalue weighted by Gasteiger charge is 2.44. The largest absolute Gasteiger partial charge is 0.396 e. The van der Waals surface area contributed by atoms with Crippen molar-refractivity contribution in [2.45, 2.75) is 18.9 Å². The predicted molar refractivity (Wildman–Crippen MR) is 97.4 cm³/mol. The summed E-state index contributed by atoms with van der Waals surface area (Å²) in [5.74, 6) is 0.621. The summed E-state index contributed by atoms with van der Waals surface area (Å²) in [4.78, 5) is 15.1. The van der Waals surface area contributed by atoms with Crippen LogP contribution in [0.25, 0.3) is 11.2 Å². The van der Waals surface area contributed by atoms with Gasteiger partial charge in [-0.1, -0.05) is 0 Å². The average molecular weight is 381 g/mol. The van der Waals surface area contributed by atoms with Crippen molar-refractivity contribution in [3.63, 3.8) is 0 Å². The van der Waals surface area contributed by atoms with Gasteiger partial charge in [-0.25, -0.2) is 15.0 Å². The first-order valence-corrected chi connectivity index (χ1v) is 9.11. The Balaban J connectivity index is 1.80. The second-order valence-corrected chi connectivity index (χ2v) is 6.95. The summed E-state index contributed by atoms with van der Waals surface area (Å²) in [6.07, 6.45) is 4.52. The zero-order valence-corrected chi connectivity index (χ0v) is 15.2. The normalized spacial score (nSPS) is 16.6. The van der Waals surface area contributed by atoms with E-state index in [1.54, 1.807) is 6.33 Å². The first-order chi connectivity index (χ1) is 13.2. The fourth-order valence-corrected chi connectivity index (χ4v) is 3.57. The molecule has 0 radical (unpaired) electrons. The molecule has 27 heavy (non-hydrogen) atoms. The van der Waals surface area contributed by atoms with Crippen LogP contribution in [-0.2, 0) is 4.74 Å². The molecule has 0 saturated heterocycles. The van der Waals surface area contributed by atoms with E-state index in [0.717, 1.165) is 0 Å². The number of anilines is 1. The highest BCUT2D eigenvalue weighted by atomic mass is 16.5. The zero-order chi connectivity index (χ0) is 19.3. The Labute approximate surface area is 157 Å². The van der Waals surface area contributed by atoms with E-state index in [0.29, 0.717) is 49.5 Å². The van der Waals surface area contributed by atoms with Gasteiger partial charge in [0.05, 0.1) is 46.0 Å². The van der Waals surface area contributed by atoms with E-state index < -0.39 is 5.41 Å². The number of ether oxygens (including phenoxy) is 1. The van der Waals surface area contributed by atoms with Crippen LogP contribution in [0.5, 0.6) is 0 Å². The maximum absolute atomic E-state index is 9.49. The minimum atomic E-state index is -0.426. The summed E-state index contributed by atoms with van der Waals surface area (Å²) in [6, 6.07) is 0.122. The molecule has 2 heterocycles. The summed E-state index contributed by atoms with van der Waals surface area (Å²) in [7, 11) is 0. The highest BCUT2D eigenvalue weighted by molar-refractivity contribution is 5.83. The van der Waals surface area contributed by atoms with Gasteiger partial charge in [0.25, 0.3) is 0 Å². The van der Waals surface area contributed by atoms with Crippen molar-refractivity contribution in [1.29, 1.82) is 0 Å². The van der Waals surface area contributed by atoms with Gasteiger partial charge >= 0.3 is 0 Å². The van der Waals surface area contributed by atoms with Crippen LogP contribution in [0.3, 0.4) is 0 Å². The fraction of sp³-hybridized carbons (Fsp3) is 0.706. The summed E-state index contributed by atoms with van der Waals surface area (Å²) >= 11 is 0. The second kappa shape index (κ2) is 8.89. The topological polar surface area (TPSA) is 137 Å². The van der Waals surface area contributed by atoms with Gasteiger partial charge in [-0.05, 0) is 12.8 Å². The van der Waals surface area contributed by atoms with E-state index in [1.807, 2.05) is 9.47 Å². The van der Waals surface area contributed by atoms with Crippen molar-refractivity contribution in [3.05, 3.63) is 12.7 Å². The molecule has 0 aliphatic heterocycles. The first-order valence-electron chi connectivity index (χ1n) is 9.11. The van der Waals surface area contributed by atoms with Crippen LogP contribution in [0.15, 0.2) is 12.7 Å². The van der Waals surface area contributed by atoms with Gasteiger partial charge in [-0.15, -0.1) is 0 Å². The number of aliphatic hydroxyl groups excluding tert-OH is 4. The average Bonchev–Trinajstić information content (AvgIpc) is 3.08. The number of imidazole rings is 1. The molecule has 10 heteroatoms. The summed E-state index contributed by atoms with van der Waals surface area (Å²) in [5.41, 5.74) is 0.900. The molecule has 3 rings (SSSR count). The van der Waals surface area contributed by atoms with Crippen molar-refractivity contribution >= 4 is 17.0 Å². The molecule has 150 valence electrons. The molecular formula is C17H27N5O5. The van der Waals surface area contributed by atoms with Crippen molar-refractivity contribution in [3.8, 4) is 0 Å². The van der Waals surface area contributed by atoms with E-state index in [1.165, 1.54) is 6.33 Å². The maximum Gasteiger partial charge on any atom is 0.165 e. The van der Waals surface area contributed by atoms with Crippen molar-refractivity contribution in [2.75, 3.05) is 57.6 Å². The molecule has 0 bridgehead atoms. The lowest BCUT2D eigenvalue weighted by atomic mass is 9.66. The quantitative estimate of drug-likeness (QED) is 0.359. The van der Waals surface area contributed by atoms with Gasteiger partial charge in [-0.2, -0.15) is 0 Å². The summed E-state index contributed by atoms with van der Waals surface area (Å²) < 4.78 is 7.28. The molecule has 2 aromatic rings. The molecule has 1 aliphatic carbocycles. The Kier molecular flexibility index (Phi) is 6.55. The van der Waals surface area contributed by atoms with Crippen molar-refractivity contribution < 1.29 is 25.2 Å².